The van der Waals surface area contributed by atoms with Crippen molar-refractivity contribution in [2.24, 2.45) is 5.11 Å². The van der Waals surface area contributed by atoms with Gasteiger partial charge in [-0.15, -0.1) is 0 Å². The molecule has 0 saturated carbocycles. The van der Waals surface area contributed by atoms with Crippen molar-refractivity contribution in [3.63, 3.8) is 0 Å². The third kappa shape index (κ3) is 4.58. The lowest BCUT2D eigenvalue weighted by Gasteiger charge is -2.36. The van der Waals surface area contributed by atoms with Gasteiger partial charge >= 0.3 is 6.09 Å². The highest BCUT2D eigenvalue weighted by Gasteiger charge is 2.38. The lowest BCUT2D eigenvalue weighted by atomic mass is 9.80. The summed E-state index contributed by atoms with van der Waals surface area (Å²) in [6.07, 6.45) is -0.384. The van der Waals surface area contributed by atoms with Crippen LogP contribution >= 0.6 is 0 Å². The molecule has 0 aliphatic carbocycles. The number of nitrogens with zero attached hydrogens (tertiary/aromatic N) is 3. The summed E-state index contributed by atoms with van der Waals surface area (Å²) in [7, 11) is 0. The van der Waals surface area contributed by atoms with E-state index in [1.807, 2.05) is 91.0 Å². The van der Waals surface area contributed by atoms with E-state index in [0.717, 1.165) is 16.7 Å². The van der Waals surface area contributed by atoms with Crippen molar-refractivity contribution in [3.8, 4) is 0 Å². The standard InChI is InChI=1S/C24H21N3O3/c1-2-22(30-23(28)26-27-25)18-29-24(19-12-6-3-7-13-19,20-14-8-4-9-15-20)21-16-10-5-11-17-21/h2-17,22H,1,18H2. The van der Waals surface area contributed by atoms with Crippen LogP contribution in [0.2, 0.25) is 0 Å². The predicted octanol–water partition coefficient (Wildman–Crippen LogP) is 6.00. The molecule has 0 heterocycles. The molecule has 150 valence electrons. The van der Waals surface area contributed by atoms with Gasteiger partial charge in [0.25, 0.3) is 0 Å². The second-order valence-electron chi connectivity index (χ2n) is 6.44. The third-order valence-corrected chi connectivity index (χ3v) is 4.65. The van der Waals surface area contributed by atoms with Crippen LogP contribution < -0.4 is 0 Å². The smallest absolute Gasteiger partial charge is 0.397 e. The van der Waals surface area contributed by atoms with E-state index in [4.69, 9.17) is 15.0 Å². The van der Waals surface area contributed by atoms with Gasteiger partial charge in [-0.3, -0.25) is 0 Å². The molecule has 1 amide bonds. The van der Waals surface area contributed by atoms with E-state index in [0.29, 0.717) is 0 Å². The van der Waals surface area contributed by atoms with E-state index in [1.165, 1.54) is 6.08 Å². The zero-order valence-corrected chi connectivity index (χ0v) is 16.3. The van der Waals surface area contributed by atoms with Crippen LogP contribution in [0.15, 0.2) is 109 Å². The van der Waals surface area contributed by atoms with Gasteiger partial charge in [0.15, 0.2) is 0 Å². The number of carbonyl (C=O) groups is 1. The van der Waals surface area contributed by atoms with E-state index in [2.05, 4.69) is 16.6 Å². The van der Waals surface area contributed by atoms with Gasteiger partial charge < -0.3 is 9.47 Å². The molecule has 30 heavy (non-hydrogen) atoms. The Morgan fingerprint density at radius 2 is 1.37 bits per heavy atom. The Hall–Kier alpha value is -3.86. The van der Waals surface area contributed by atoms with E-state index < -0.39 is 17.8 Å². The average Bonchev–Trinajstić information content (AvgIpc) is 2.81. The van der Waals surface area contributed by atoms with Crippen molar-refractivity contribution in [1.82, 2.24) is 0 Å². The SMILES string of the molecule is C=CC(COC(c1ccccc1)(c1ccccc1)c1ccccc1)OC(=O)N=[N+]=[N-]. The second kappa shape index (κ2) is 10.1. The maximum atomic E-state index is 11.6. The summed E-state index contributed by atoms with van der Waals surface area (Å²) < 4.78 is 11.7. The third-order valence-electron chi connectivity index (χ3n) is 4.65. The van der Waals surface area contributed by atoms with Crippen LogP contribution in [0.5, 0.6) is 0 Å². The number of benzene rings is 3. The van der Waals surface area contributed by atoms with Crippen molar-refractivity contribution in [3.05, 3.63) is 131 Å². The summed E-state index contributed by atoms with van der Waals surface area (Å²) in [6, 6.07) is 29.5. The molecular weight excluding hydrogens is 378 g/mol. The van der Waals surface area contributed by atoms with Crippen LogP contribution in [0, 0.1) is 0 Å². The van der Waals surface area contributed by atoms with Gasteiger partial charge in [-0.2, -0.15) is 0 Å². The molecule has 6 heteroatoms. The molecule has 0 fully saturated rings. The number of hydrogen-bond donors (Lipinski definition) is 0. The molecule has 0 aliphatic rings. The van der Waals surface area contributed by atoms with E-state index >= 15 is 0 Å². The maximum Gasteiger partial charge on any atom is 0.397 e. The van der Waals surface area contributed by atoms with E-state index in [9.17, 15) is 4.79 Å². The molecule has 0 saturated heterocycles. The van der Waals surface area contributed by atoms with Crippen molar-refractivity contribution in [1.29, 1.82) is 0 Å². The normalized spacial score (nSPS) is 11.7. The van der Waals surface area contributed by atoms with E-state index in [1.54, 1.807) is 0 Å². The Labute approximate surface area is 175 Å². The van der Waals surface area contributed by atoms with E-state index in [-0.39, 0.29) is 6.61 Å². The first-order valence-electron chi connectivity index (χ1n) is 9.39. The molecule has 3 rings (SSSR count). The minimum absolute atomic E-state index is 0.00880. The van der Waals surface area contributed by atoms with Crippen LogP contribution in [0.3, 0.4) is 0 Å². The molecule has 1 unspecified atom stereocenters. The highest BCUT2D eigenvalue weighted by atomic mass is 16.6. The van der Waals surface area contributed by atoms with Gasteiger partial charge in [-0.25, -0.2) is 4.79 Å². The fraction of sp³-hybridized carbons (Fsp3) is 0.125. The Bertz CT molecular complexity index is 921. The summed E-state index contributed by atoms with van der Waals surface area (Å²) in [5.74, 6) is 0. The maximum absolute atomic E-state index is 11.6. The lowest BCUT2D eigenvalue weighted by molar-refractivity contribution is -0.0281. The molecule has 0 bridgehead atoms. The summed E-state index contributed by atoms with van der Waals surface area (Å²) in [5.41, 5.74) is 10.2. The Kier molecular flexibility index (Phi) is 7.00. The number of rotatable bonds is 8. The molecule has 0 aromatic heterocycles. The Balaban J connectivity index is 2.08. The van der Waals surface area contributed by atoms with Gasteiger partial charge in [0.1, 0.15) is 11.7 Å². The average molecular weight is 399 g/mol. The van der Waals surface area contributed by atoms with Gasteiger partial charge in [0.2, 0.25) is 0 Å². The molecular formula is C24H21N3O3. The number of amides is 1. The fourth-order valence-corrected chi connectivity index (χ4v) is 3.32. The van der Waals surface area contributed by atoms with Crippen LogP contribution in [-0.2, 0) is 15.1 Å². The quantitative estimate of drug-likeness (QED) is 0.153. The fourth-order valence-electron chi connectivity index (χ4n) is 3.32. The van der Waals surface area contributed by atoms with Crippen molar-refractivity contribution in [2.75, 3.05) is 6.61 Å². The van der Waals surface area contributed by atoms with Gasteiger partial charge in [0.05, 0.1) is 6.61 Å². The minimum Gasteiger partial charge on any atom is -0.451 e. The Morgan fingerprint density at radius 1 is 0.933 bits per heavy atom. The van der Waals surface area contributed by atoms with Crippen LogP contribution in [-0.4, -0.2) is 18.8 Å². The van der Waals surface area contributed by atoms with Gasteiger partial charge in [-0.05, 0) is 28.3 Å². The summed E-state index contributed by atoms with van der Waals surface area (Å²) >= 11 is 0. The summed E-state index contributed by atoms with van der Waals surface area (Å²) in [5, 5.41) is 2.95. The van der Waals surface area contributed by atoms with Crippen molar-refractivity contribution >= 4 is 6.09 Å². The number of azide groups is 1. The number of carbonyl (C=O) groups excluding carboxylic acids is 1. The minimum atomic E-state index is -1.03. The van der Waals surface area contributed by atoms with Crippen LogP contribution in [0.1, 0.15) is 16.7 Å². The summed E-state index contributed by atoms with van der Waals surface area (Å²) in [6.45, 7) is 3.71. The van der Waals surface area contributed by atoms with Gasteiger partial charge in [-0.1, -0.05) is 97.6 Å². The van der Waals surface area contributed by atoms with Crippen LogP contribution in [0.25, 0.3) is 10.4 Å². The monoisotopic (exact) mass is 399 g/mol. The molecule has 0 radical (unpaired) electrons. The van der Waals surface area contributed by atoms with Crippen molar-refractivity contribution < 1.29 is 14.3 Å². The molecule has 1 atom stereocenters. The second-order valence-corrected chi connectivity index (χ2v) is 6.44. The molecule has 3 aromatic carbocycles. The lowest BCUT2D eigenvalue weighted by Crippen LogP contribution is -2.36. The summed E-state index contributed by atoms with van der Waals surface area (Å²) in [4.78, 5) is 14.1. The first kappa shape index (κ1) is 20.9. The number of ether oxygens (including phenoxy) is 2. The molecule has 0 aliphatic heterocycles. The first-order valence-corrected chi connectivity index (χ1v) is 9.39. The zero-order chi connectivity index (χ0) is 21.2. The molecule has 3 aromatic rings. The highest BCUT2D eigenvalue weighted by Crippen LogP contribution is 2.40. The molecule has 0 spiro atoms. The largest absolute Gasteiger partial charge is 0.451 e. The van der Waals surface area contributed by atoms with Gasteiger partial charge in [0, 0.05) is 10.0 Å². The molecule has 6 nitrogen and oxygen atoms in total. The predicted molar refractivity (Wildman–Crippen MR) is 115 cm³/mol. The zero-order valence-electron chi connectivity index (χ0n) is 16.3. The molecule has 0 N–H and O–H groups in total. The van der Waals surface area contributed by atoms with Crippen LogP contribution in [0.4, 0.5) is 4.79 Å². The topological polar surface area (TPSA) is 84.3 Å². The number of hydrogen-bond acceptors (Lipinski definition) is 3. The Morgan fingerprint density at radius 3 is 1.73 bits per heavy atom. The highest BCUT2D eigenvalue weighted by molar-refractivity contribution is 5.68. The first-order chi connectivity index (χ1) is 14.7. The van der Waals surface area contributed by atoms with Crippen molar-refractivity contribution in [2.45, 2.75) is 11.7 Å².